The lowest BCUT2D eigenvalue weighted by molar-refractivity contribution is -0.384. The van der Waals surface area contributed by atoms with E-state index in [2.05, 4.69) is 12.2 Å². The highest BCUT2D eigenvalue weighted by molar-refractivity contribution is 5.64. The molecule has 1 aromatic rings. The van der Waals surface area contributed by atoms with E-state index in [-0.39, 0.29) is 10.6 Å². The van der Waals surface area contributed by atoms with Gasteiger partial charge in [0.05, 0.1) is 12.0 Å². The van der Waals surface area contributed by atoms with Crippen LogP contribution in [0.1, 0.15) is 32.6 Å². The summed E-state index contributed by atoms with van der Waals surface area (Å²) in [5, 5.41) is 14.4. The van der Waals surface area contributed by atoms with Gasteiger partial charge in [-0.3, -0.25) is 10.1 Å². The van der Waals surface area contributed by atoms with Crippen LogP contribution in [0.4, 0.5) is 11.4 Å². The number of anilines is 1. The summed E-state index contributed by atoms with van der Waals surface area (Å²) in [5.74, 6) is 1.43. The number of hydrogen-bond donors (Lipinski definition) is 1. The lowest BCUT2D eigenvalue weighted by Gasteiger charge is -2.18. The van der Waals surface area contributed by atoms with Crippen molar-refractivity contribution in [3.63, 3.8) is 0 Å². The van der Waals surface area contributed by atoms with Gasteiger partial charge in [-0.2, -0.15) is 0 Å². The second-order valence-electron chi connectivity index (χ2n) is 5.07. The first-order valence-corrected chi connectivity index (χ1v) is 6.73. The smallest absolute Gasteiger partial charge is 0.292 e. The molecule has 0 bridgehead atoms. The van der Waals surface area contributed by atoms with Gasteiger partial charge in [-0.1, -0.05) is 19.8 Å². The highest BCUT2D eigenvalue weighted by Crippen LogP contribution is 2.36. The maximum absolute atomic E-state index is 11.1. The van der Waals surface area contributed by atoms with E-state index in [1.807, 2.05) is 0 Å². The number of methoxy groups -OCH3 is 1. The van der Waals surface area contributed by atoms with Crippen LogP contribution >= 0.6 is 0 Å². The van der Waals surface area contributed by atoms with Gasteiger partial charge in [-0.25, -0.2) is 0 Å². The fourth-order valence-electron chi connectivity index (χ4n) is 2.22. The van der Waals surface area contributed by atoms with E-state index in [4.69, 9.17) is 4.74 Å². The van der Waals surface area contributed by atoms with Crippen molar-refractivity contribution in [2.24, 2.45) is 5.92 Å². The number of nitro benzene ring substituents is 1. The molecule has 0 heterocycles. The van der Waals surface area contributed by atoms with Crippen molar-refractivity contribution in [1.82, 2.24) is 0 Å². The molecular formula is C14H20N2O3. The molecule has 0 aliphatic heterocycles. The zero-order chi connectivity index (χ0) is 13.8. The Morgan fingerprint density at radius 2 is 2.26 bits per heavy atom. The van der Waals surface area contributed by atoms with Crippen LogP contribution < -0.4 is 10.1 Å². The molecule has 1 N–H and O–H groups in total. The van der Waals surface area contributed by atoms with Crippen molar-refractivity contribution < 1.29 is 9.66 Å². The average Bonchev–Trinajstić information content (AvgIpc) is 3.21. The van der Waals surface area contributed by atoms with Crippen molar-refractivity contribution in [2.45, 2.75) is 38.6 Å². The van der Waals surface area contributed by atoms with E-state index < -0.39 is 0 Å². The first-order chi connectivity index (χ1) is 9.13. The van der Waals surface area contributed by atoms with Crippen molar-refractivity contribution in [3.05, 3.63) is 28.3 Å². The van der Waals surface area contributed by atoms with Gasteiger partial charge in [-0.15, -0.1) is 0 Å². The third-order valence-electron chi connectivity index (χ3n) is 3.57. The van der Waals surface area contributed by atoms with E-state index in [0.29, 0.717) is 17.5 Å². The summed E-state index contributed by atoms with van der Waals surface area (Å²) in [6, 6.07) is 5.10. The molecule has 1 saturated carbocycles. The molecule has 1 fully saturated rings. The molecule has 1 aliphatic rings. The molecule has 0 saturated heterocycles. The minimum absolute atomic E-state index is 0.107. The van der Waals surface area contributed by atoms with Crippen LogP contribution in [0, 0.1) is 16.0 Å². The Morgan fingerprint density at radius 1 is 1.53 bits per heavy atom. The van der Waals surface area contributed by atoms with Crippen LogP contribution in [-0.2, 0) is 0 Å². The first-order valence-electron chi connectivity index (χ1n) is 6.73. The molecule has 1 atom stereocenters. The van der Waals surface area contributed by atoms with Gasteiger partial charge < -0.3 is 10.1 Å². The fraction of sp³-hybridized carbons (Fsp3) is 0.571. The Balaban J connectivity index is 2.16. The van der Waals surface area contributed by atoms with Crippen LogP contribution in [-0.4, -0.2) is 18.1 Å². The summed E-state index contributed by atoms with van der Waals surface area (Å²) in [5.41, 5.74) is 0.659. The molecule has 0 spiro atoms. The predicted molar refractivity (Wildman–Crippen MR) is 74.7 cm³/mol. The molecule has 0 aromatic heterocycles. The fourth-order valence-corrected chi connectivity index (χ4v) is 2.22. The topological polar surface area (TPSA) is 64.4 Å². The summed E-state index contributed by atoms with van der Waals surface area (Å²) < 4.78 is 5.14. The lowest BCUT2D eigenvalue weighted by atomic mass is 10.1. The van der Waals surface area contributed by atoms with Crippen molar-refractivity contribution in [3.8, 4) is 5.75 Å². The quantitative estimate of drug-likeness (QED) is 0.603. The molecule has 104 valence electrons. The number of ether oxygens (including phenoxy) is 1. The van der Waals surface area contributed by atoms with Gasteiger partial charge in [0.25, 0.3) is 5.69 Å². The summed E-state index contributed by atoms with van der Waals surface area (Å²) >= 11 is 0. The monoisotopic (exact) mass is 264 g/mol. The number of nitro groups is 1. The Hall–Kier alpha value is -1.78. The molecule has 5 heteroatoms. The van der Waals surface area contributed by atoms with Gasteiger partial charge in [0.2, 0.25) is 0 Å². The van der Waals surface area contributed by atoms with E-state index in [1.165, 1.54) is 18.9 Å². The third-order valence-corrected chi connectivity index (χ3v) is 3.57. The Bertz CT molecular complexity index is 458. The van der Waals surface area contributed by atoms with E-state index in [1.54, 1.807) is 19.2 Å². The van der Waals surface area contributed by atoms with Crippen LogP contribution in [0.3, 0.4) is 0 Å². The SMILES string of the molecule is CCC(CC1CC1)Nc1cc(OC)ccc1[N+](=O)[O-]. The molecule has 19 heavy (non-hydrogen) atoms. The lowest BCUT2D eigenvalue weighted by Crippen LogP contribution is -2.19. The maximum atomic E-state index is 11.1. The average molecular weight is 264 g/mol. The number of nitrogens with one attached hydrogen (secondary N) is 1. The van der Waals surface area contributed by atoms with Crippen LogP contribution in [0.2, 0.25) is 0 Å². The predicted octanol–water partition coefficient (Wildman–Crippen LogP) is 3.59. The Morgan fingerprint density at radius 3 is 2.79 bits per heavy atom. The van der Waals surface area contributed by atoms with E-state index in [9.17, 15) is 10.1 Å². The summed E-state index contributed by atoms with van der Waals surface area (Å²) in [6.07, 6.45) is 4.63. The minimum atomic E-state index is -0.356. The molecule has 5 nitrogen and oxygen atoms in total. The first kappa shape index (κ1) is 13.6. The van der Waals surface area contributed by atoms with Crippen molar-refractivity contribution in [1.29, 1.82) is 0 Å². The normalized spacial score (nSPS) is 15.9. The zero-order valence-corrected chi connectivity index (χ0v) is 11.4. The highest BCUT2D eigenvalue weighted by atomic mass is 16.6. The van der Waals surface area contributed by atoms with Gasteiger partial charge in [0.1, 0.15) is 11.4 Å². The molecule has 1 aliphatic carbocycles. The van der Waals surface area contributed by atoms with Gasteiger partial charge in [-0.05, 0) is 24.8 Å². The Labute approximate surface area is 113 Å². The second-order valence-corrected chi connectivity index (χ2v) is 5.07. The third kappa shape index (κ3) is 3.59. The number of benzene rings is 1. The maximum Gasteiger partial charge on any atom is 0.292 e. The highest BCUT2D eigenvalue weighted by Gasteiger charge is 2.26. The summed E-state index contributed by atoms with van der Waals surface area (Å²) in [4.78, 5) is 10.7. The van der Waals surface area contributed by atoms with Crippen molar-refractivity contribution in [2.75, 3.05) is 12.4 Å². The van der Waals surface area contributed by atoms with E-state index >= 15 is 0 Å². The second kappa shape index (κ2) is 5.91. The van der Waals surface area contributed by atoms with Crippen LogP contribution in [0.25, 0.3) is 0 Å². The molecular weight excluding hydrogens is 244 g/mol. The molecule has 0 radical (unpaired) electrons. The molecule has 0 amide bonds. The molecule has 1 aromatic carbocycles. The summed E-state index contributed by atoms with van der Waals surface area (Å²) in [6.45, 7) is 2.10. The summed E-state index contributed by atoms with van der Waals surface area (Å²) in [7, 11) is 1.56. The zero-order valence-electron chi connectivity index (χ0n) is 11.4. The van der Waals surface area contributed by atoms with Crippen LogP contribution in [0.15, 0.2) is 18.2 Å². The van der Waals surface area contributed by atoms with Gasteiger partial charge in [0.15, 0.2) is 0 Å². The number of rotatable bonds is 7. The van der Waals surface area contributed by atoms with Crippen molar-refractivity contribution >= 4 is 11.4 Å². The molecule has 2 rings (SSSR count). The Kier molecular flexibility index (Phi) is 4.24. The molecule has 1 unspecified atom stereocenters. The number of nitrogens with zero attached hydrogens (tertiary/aromatic N) is 1. The van der Waals surface area contributed by atoms with Crippen LogP contribution in [0.5, 0.6) is 5.75 Å². The van der Waals surface area contributed by atoms with Gasteiger partial charge >= 0.3 is 0 Å². The number of hydrogen-bond acceptors (Lipinski definition) is 4. The minimum Gasteiger partial charge on any atom is -0.497 e. The standard InChI is InChI=1S/C14H20N2O3/c1-3-11(8-10-4-5-10)15-13-9-12(19-2)6-7-14(13)16(17)18/h6-7,9-11,15H,3-5,8H2,1-2H3. The largest absolute Gasteiger partial charge is 0.497 e. The van der Waals surface area contributed by atoms with E-state index in [0.717, 1.165) is 18.8 Å². The van der Waals surface area contributed by atoms with Gasteiger partial charge in [0, 0.05) is 18.2 Å².